The van der Waals surface area contributed by atoms with Gasteiger partial charge in [-0.05, 0) is 37.3 Å². The van der Waals surface area contributed by atoms with Crippen LogP contribution in [0.5, 0.6) is 0 Å². The number of anilines is 1. The fraction of sp³-hybridized carbons (Fsp3) is 0.333. The topological polar surface area (TPSA) is 82.6 Å². The van der Waals surface area contributed by atoms with Crippen molar-refractivity contribution in [2.75, 3.05) is 31.5 Å². The van der Waals surface area contributed by atoms with Gasteiger partial charge in [0.25, 0.3) is 0 Å². The number of rotatable bonds is 5. The van der Waals surface area contributed by atoms with Gasteiger partial charge in [0.2, 0.25) is 15.9 Å². The first-order valence-electron chi connectivity index (χ1n) is 8.81. The molecule has 0 radical (unpaired) electrons. The molecule has 1 aliphatic rings. The molecule has 3 rings (SSSR count). The molecule has 2 aromatic rings. The summed E-state index contributed by atoms with van der Waals surface area (Å²) in [5, 5.41) is 3.45. The highest BCUT2D eigenvalue weighted by Gasteiger charge is 2.32. The lowest BCUT2D eigenvalue weighted by Crippen LogP contribution is -2.53. The van der Waals surface area contributed by atoms with Crippen LogP contribution in [0.15, 0.2) is 41.4 Å². The third kappa shape index (κ3) is 5.02. The number of halogens is 3. The van der Waals surface area contributed by atoms with Crippen LogP contribution in [0.1, 0.15) is 6.92 Å². The number of nitrogens with one attached hydrogen (secondary N) is 1. The Bertz CT molecular complexity index is 1010. The van der Waals surface area contributed by atoms with E-state index in [-0.39, 0.29) is 34.1 Å². The van der Waals surface area contributed by atoms with E-state index >= 15 is 0 Å². The zero-order valence-corrected chi connectivity index (χ0v) is 18.6. The van der Waals surface area contributed by atoms with E-state index in [4.69, 9.17) is 34.8 Å². The Morgan fingerprint density at radius 3 is 2.41 bits per heavy atom. The summed E-state index contributed by atoms with van der Waals surface area (Å²) in [6.45, 7) is 3.11. The van der Waals surface area contributed by atoms with Crippen molar-refractivity contribution in [3.8, 4) is 0 Å². The normalized spacial score (nSPS) is 17.1. The molecule has 0 bridgehead atoms. The summed E-state index contributed by atoms with van der Waals surface area (Å²) >= 11 is 17.8. The van der Waals surface area contributed by atoms with Crippen LogP contribution in [0.4, 0.5) is 5.69 Å². The van der Waals surface area contributed by atoms with E-state index in [1.54, 1.807) is 19.1 Å². The van der Waals surface area contributed by atoms with Gasteiger partial charge in [0.1, 0.15) is 0 Å². The lowest BCUT2D eigenvalue weighted by Gasteiger charge is -2.36. The minimum absolute atomic E-state index is 0.0948. The highest BCUT2D eigenvalue weighted by molar-refractivity contribution is 7.89. The molecule has 2 heterocycles. The monoisotopic (exact) mass is 476 g/mol. The predicted molar refractivity (Wildman–Crippen MR) is 114 cm³/mol. The molecule has 1 aromatic heterocycles. The number of hydrogen-bond donors (Lipinski definition) is 1. The number of benzene rings is 1. The molecule has 29 heavy (non-hydrogen) atoms. The van der Waals surface area contributed by atoms with Crippen molar-refractivity contribution in [3.05, 3.63) is 51.7 Å². The summed E-state index contributed by atoms with van der Waals surface area (Å²) in [5.74, 6) is -0.235. The number of pyridine rings is 1. The zero-order valence-electron chi connectivity index (χ0n) is 15.5. The summed E-state index contributed by atoms with van der Waals surface area (Å²) < 4.78 is 27.1. The van der Waals surface area contributed by atoms with Crippen LogP contribution in [-0.4, -0.2) is 60.7 Å². The number of nitrogens with zero attached hydrogens (tertiary/aromatic N) is 3. The van der Waals surface area contributed by atoms with Crippen LogP contribution >= 0.6 is 34.8 Å². The summed E-state index contributed by atoms with van der Waals surface area (Å²) in [4.78, 5) is 18.5. The maximum Gasteiger partial charge on any atom is 0.243 e. The third-order valence-electron chi connectivity index (χ3n) is 4.75. The lowest BCUT2D eigenvalue weighted by atomic mass is 10.2. The molecule has 1 aliphatic heterocycles. The number of aromatic nitrogens is 1. The van der Waals surface area contributed by atoms with Crippen LogP contribution in [0.25, 0.3) is 0 Å². The molecule has 1 amide bonds. The Morgan fingerprint density at radius 2 is 1.79 bits per heavy atom. The van der Waals surface area contributed by atoms with Crippen molar-refractivity contribution >= 4 is 56.4 Å². The molecule has 0 spiro atoms. The minimum atomic E-state index is -3.69. The average molecular weight is 478 g/mol. The number of sulfonamides is 1. The first-order valence-corrected chi connectivity index (χ1v) is 11.4. The molecule has 0 saturated carbocycles. The summed E-state index contributed by atoms with van der Waals surface area (Å²) in [6.07, 6.45) is 1.54. The van der Waals surface area contributed by atoms with Gasteiger partial charge in [0, 0.05) is 32.4 Å². The number of amides is 1. The molecule has 1 saturated heterocycles. The van der Waals surface area contributed by atoms with Crippen LogP contribution < -0.4 is 5.32 Å². The lowest BCUT2D eigenvalue weighted by molar-refractivity contribution is -0.121. The molecule has 7 nitrogen and oxygen atoms in total. The number of piperazine rings is 1. The Kier molecular flexibility index (Phi) is 7.03. The van der Waals surface area contributed by atoms with Crippen molar-refractivity contribution in [2.24, 2.45) is 0 Å². The van der Waals surface area contributed by atoms with E-state index in [9.17, 15) is 13.2 Å². The Hall–Kier alpha value is -1.42. The van der Waals surface area contributed by atoms with Crippen LogP contribution in [0.2, 0.25) is 15.2 Å². The average Bonchev–Trinajstić information content (AvgIpc) is 2.71. The van der Waals surface area contributed by atoms with Crippen molar-refractivity contribution in [1.82, 2.24) is 14.2 Å². The van der Waals surface area contributed by atoms with Crippen molar-refractivity contribution in [1.29, 1.82) is 0 Å². The van der Waals surface area contributed by atoms with Crippen LogP contribution in [0, 0.1) is 0 Å². The second kappa shape index (κ2) is 9.16. The minimum Gasteiger partial charge on any atom is -0.322 e. The van der Waals surface area contributed by atoms with Gasteiger partial charge in [-0.25, -0.2) is 13.4 Å². The van der Waals surface area contributed by atoms with Gasteiger partial charge in [-0.1, -0.05) is 34.8 Å². The Morgan fingerprint density at radius 1 is 1.10 bits per heavy atom. The molecule has 0 aliphatic carbocycles. The number of hydrogen-bond acceptors (Lipinski definition) is 5. The summed E-state index contributed by atoms with van der Waals surface area (Å²) in [5.41, 5.74) is 0.437. The van der Waals surface area contributed by atoms with E-state index in [1.807, 2.05) is 4.90 Å². The van der Waals surface area contributed by atoms with E-state index < -0.39 is 16.1 Å². The van der Waals surface area contributed by atoms with Gasteiger partial charge in [-0.15, -0.1) is 0 Å². The quantitative estimate of drug-likeness (QED) is 0.668. The van der Waals surface area contributed by atoms with E-state index in [2.05, 4.69) is 10.3 Å². The highest BCUT2D eigenvalue weighted by Crippen LogP contribution is 2.27. The molecule has 1 fully saturated rings. The smallest absolute Gasteiger partial charge is 0.243 e. The van der Waals surface area contributed by atoms with Gasteiger partial charge < -0.3 is 5.32 Å². The fourth-order valence-corrected chi connectivity index (χ4v) is 4.98. The predicted octanol–water partition coefficient (Wildman–Crippen LogP) is 3.38. The van der Waals surface area contributed by atoms with E-state index in [0.717, 1.165) is 0 Å². The molecule has 1 unspecified atom stereocenters. The fourth-order valence-electron chi connectivity index (χ4n) is 3.00. The molecule has 11 heteroatoms. The van der Waals surface area contributed by atoms with Crippen molar-refractivity contribution in [3.63, 3.8) is 0 Å². The molecule has 1 atom stereocenters. The third-order valence-corrected chi connectivity index (χ3v) is 7.68. The molecular formula is C18H19Cl3N4O3S. The van der Waals surface area contributed by atoms with Gasteiger partial charge in [-0.2, -0.15) is 4.31 Å². The summed E-state index contributed by atoms with van der Waals surface area (Å²) in [6, 6.07) is 7.13. The summed E-state index contributed by atoms with van der Waals surface area (Å²) in [7, 11) is -3.69. The zero-order chi connectivity index (χ0) is 21.2. The van der Waals surface area contributed by atoms with Crippen LogP contribution in [-0.2, 0) is 14.8 Å². The SMILES string of the molecule is CC(C(=O)Nc1cccnc1Cl)N1CCN(S(=O)(=O)c2ccc(Cl)c(Cl)c2)CC1. The number of carbonyl (C=O) groups is 1. The van der Waals surface area contributed by atoms with Gasteiger partial charge in [0.15, 0.2) is 5.15 Å². The van der Waals surface area contributed by atoms with Gasteiger partial charge in [-0.3, -0.25) is 9.69 Å². The largest absolute Gasteiger partial charge is 0.322 e. The van der Waals surface area contributed by atoms with E-state index in [1.165, 1.54) is 28.7 Å². The molecule has 1 aromatic carbocycles. The van der Waals surface area contributed by atoms with Crippen molar-refractivity contribution < 1.29 is 13.2 Å². The standard InChI is InChI=1S/C18H19Cl3N4O3S/c1-12(18(26)23-16-3-2-6-22-17(16)21)24-7-9-25(10-8-24)29(27,28)13-4-5-14(19)15(20)11-13/h2-6,11-12H,7-10H2,1H3,(H,23,26). The van der Waals surface area contributed by atoms with Crippen molar-refractivity contribution in [2.45, 2.75) is 17.9 Å². The Labute approximate surface area is 184 Å². The number of carbonyl (C=O) groups excluding carboxylic acids is 1. The second-order valence-corrected chi connectivity index (χ2v) is 9.63. The first kappa shape index (κ1) is 22.3. The first-order chi connectivity index (χ1) is 13.7. The second-order valence-electron chi connectivity index (χ2n) is 6.52. The van der Waals surface area contributed by atoms with Gasteiger partial charge >= 0.3 is 0 Å². The van der Waals surface area contributed by atoms with Crippen LogP contribution in [0.3, 0.4) is 0 Å². The molecule has 156 valence electrons. The van der Waals surface area contributed by atoms with Gasteiger partial charge in [0.05, 0.1) is 26.7 Å². The maximum absolute atomic E-state index is 12.8. The molecular weight excluding hydrogens is 459 g/mol. The maximum atomic E-state index is 12.8. The van der Waals surface area contributed by atoms with E-state index in [0.29, 0.717) is 23.8 Å². The molecule has 1 N–H and O–H groups in total. The highest BCUT2D eigenvalue weighted by atomic mass is 35.5. The Balaban J connectivity index is 1.62.